The van der Waals surface area contributed by atoms with E-state index < -0.39 is 4.92 Å². The molecule has 0 saturated carbocycles. The molecule has 6 heteroatoms. The number of nitrogens with zero attached hydrogens (tertiary/aromatic N) is 1. The Hall–Kier alpha value is -2.76. The van der Waals surface area contributed by atoms with E-state index >= 15 is 0 Å². The van der Waals surface area contributed by atoms with E-state index in [1.807, 2.05) is 24.3 Å². The van der Waals surface area contributed by atoms with Gasteiger partial charge in [-0.1, -0.05) is 12.1 Å². The molecule has 0 radical (unpaired) electrons. The molecule has 0 saturated heterocycles. The normalized spacial score (nSPS) is 10.1. The molecule has 0 spiro atoms. The van der Waals surface area contributed by atoms with E-state index in [4.69, 9.17) is 4.74 Å². The first kappa shape index (κ1) is 13.7. The van der Waals surface area contributed by atoms with Crippen molar-refractivity contribution in [3.63, 3.8) is 0 Å². The Balaban J connectivity index is 2.10. The third-order valence-corrected chi connectivity index (χ3v) is 2.80. The lowest BCUT2D eigenvalue weighted by Crippen LogP contribution is -2.00. The molecule has 2 aromatic carbocycles. The largest absolute Gasteiger partial charge is 0.502 e. The predicted octanol–water partition coefficient (Wildman–Crippen LogP) is 2.92. The van der Waals surface area contributed by atoms with Crippen LogP contribution in [0.2, 0.25) is 0 Å². The van der Waals surface area contributed by atoms with Crippen molar-refractivity contribution in [2.75, 3.05) is 12.4 Å². The molecule has 2 rings (SSSR count). The molecule has 6 nitrogen and oxygen atoms in total. The zero-order valence-electron chi connectivity index (χ0n) is 10.9. The smallest absolute Gasteiger partial charge is 0.311 e. The van der Waals surface area contributed by atoms with E-state index in [-0.39, 0.29) is 11.4 Å². The molecule has 104 valence electrons. The Kier molecular flexibility index (Phi) is 4.05. The van der Waals surface area contributed by atoms with Crippen molar-refractivity contribution in [1.82, 2.24) is 0 Å². The lowest BCUT2D eigenvalue weighted by molar-refractivity contribution is -0.385. The number of nitro groups is 1. The minimum absolute atomic E-state index is 0.296. The average Bonchev–Trinajstić information content (AvgIpc) is 2.46. The number of nitro benzene ring substituents is 1. The van der Waals surface area contributed by atoms with Crippen LogP contribution in [0, 0.1) is 10.1 Å². The molecule has 0 bridgehead atoms. The number of ether oxygens (including phenoxy) is 1. The molecule has 0 aliphatic heterocycles. The second-order valence-corrected chi connectivity index (χ2v) is 4.17. The number of aromatic hydroxyl groups is 1. The zero-order chi connectivity index (χ0) is 14.5. The van der Waals surface area contributed by atoms with Crippen molar-refractivity contribution >= 4 is 11.4 Å². The number of methoxy groups -OCH3 is 1. The molecule has 0 fully saturated rings. The maximum atomic E-state index is 10.7. The summed E-state index contributed by atoms with van der Waals surface area (Å²) in [6.07, 6.45) is 0. The van der Waals surface area contributed by atoms with E-state index in [9.17, 15) is 15.2 Å². The molecule has 2 aromatic rings. The number of anilines is 1. The second kappa shape index (κ2) is 5.92. The molecule has 0 aliphatic carbocycles. The van der Waals surface area contributed by atoms with Gasteiger partial charge < -0.3 is 15.2 Å². The fourth-order valence-electron chi connectivity index (χ4n) is 1.76. The number of hydrogen-bond acceptors (Lipinski definition) is 5. The van der Waals surface area contributed by atoms with Gasteiger partial charge in [0.05, 0.1) is 12.0 Å². The molecule has 2 N–H and O–H groups in total. The third-order valence-electron chi connectivity index (χ3n) is 2.80. The van der Waals surface area contributed by atoms with Gasteiger partial charge in [0, 0.05) is 24.4 Å². The first-order chi connectivity index (χ1) is 9.60. The first-order valence-corrected chi connectivity index (χ1v) is 5.94. The van der Waals surface area contributed by atoms with Gasteiger partial charge in [0.25, 0.3) is 0 Å². The molecule has 0 aliphatic rings. The summed E-state index contributed by atoms with van der Waals surface area (Å²) >= 11 is 0. The topological polar surface area (TPSA) is 84.6 Å². The number of benzene rings is 2. The molecular weight excluding hydrogens is 260 g/mol. The minimum Gasteiger partial charge on any atom is -0.502 e. The first-order valence-electron chi connectivity index (χ1n) is 5.94. The lowest BCUT2D eigenvalue weighted by atomic mass is 10.2. The summed E-state index contributed by atoms with van der Waals surface area (Å²) in [5, 5.41) is 23.3. The van der Waals surface area contributed by atoms with E-state index in [0.717, 1.165) is 11.4 Å². The standard InChI is InChI=1S/C14H14N2O4/c1-20-12-4-2-3-11(8-12)15-9-10-5-6-14(17)13(7-10)16(18)19/h2-8,15,17H,9H2,1H3. The van der Waals surface area contributed by atoms with Gasteiger partial charge in [0.2, 0.25) is 0 Å². The summed E-state index contributed by atoms with van der Waals surface area (Å²) < 4.78 is 5.11. The molecule has 0 unspecified atom stereocenters. The van der Waals surface area contributed by atoms with Gasteiger partial charge in [0.1, 0.15) is 5.75 Å². The minimum atomic E-state index is -0.607. The van der Waals surface area contributed by atoms with Crippen molar-refractivity contribution < 1.29 is 14.8 Å². The number of hydrogen-bond donors (Lipinski definition) is 2. The fourth-order valence-corrected chi connectivity index (χ4v) is 1.76. The van der Waals surface area contributed by atoms with E-state index in [2.05, 4.69) is 5.32 Å². The Bertz CT molecular complexity index is 628. The van der Waals surface area contributed by atoms with Crippen molar-refractivity contribution in [2.24, 2.45) is 0 Å². The molecule has 0 amide bonds. The van der Waals surface area contributed by atoms with Crippen LogP contribution in [0.15, 0.2) is 42.5 Å². The number of phenolic OH excluding ortho intramolecular Hbond substituents is 1. The molecule has 20 heavy (non-hydrogen) atoms. The van der Waals surface area contributed by atoms with E-state index in [0.29, 0.717) is 12.1 Å². The Morgan fingerprint density at radius 2 is 2.10 bits per heavy atom. The van der Waals surface area contributed by atoms with Crippen molar-refractivity contribution in [1.29, 1.82) is 0 Å². The van der Waals surface area contributed by atoms with Gasteiger partial charge in [-0.15, -0.1) is 0 Å². The van der Waals surface area contributed by atoms with Gasteiger partial charge in [-0.25, -0.2) is 0 Å². The van der Waals surface area contributed by atoms with Crippen molar-refractivity contribution in [2.45, 2.75) is 6.54 Å². The zero-order valence-corrected chi connectivity index (χ0v) is 10.9. The molecule has 0 atom stereocenters. The number of phenols is 1. The van der Waals surface area contributed by atoms with Crippen LogP contribution in [-0.4, -0.2) is 17.1 Å². The highest BCUT2D eigenvalue weighted by molar-refractivity contribution is 5.51. The van der Waals surface area contributed by atoms with Crippen LogP contribution in [-0.2, 0) is 6.54 Å². The van der Waals surface area contributed by atoms with Gasteiger partial charge >= 0.3 is 5.69 Å². The Morgan fingerprint density at radius 3 is 2.80 bits per heavy atom. The van der Waals surface area contributed by atoms with Gasteiger partial charge in [0.15, 0.2) is 5.75 Å². The fraction of sp³-hybridized carbons (Fsp3) is 0.143. The number of nitrogens with one attached hydrogen (secondary N) is 1. The Morgan fingerprint density at radius 1 is 1.30 bits per heavy atom. The highest BCUT2D eigenvalue weighted by Crippen LogP contribution is 2.26. The lowest BCUT2D eigenvalue weighted by Gasteiger charge is -2.08. The summed E-state index contributed by atoms with van der Waals surface area (Å²) in [5.74, 6) is 0.395. The van der Waals surface area contributed by atoms with Crippen LogP contribution in [0.1, 0.15) is 5.56 Å². The van der Waals surface area contributed by atoms with E-state index in [1.54, 1.807) is 13.2 Å². The summed E-state index contributed by atoms with van der Waals surface area (Å²) in [5.41, 5.74) is 1.26. The summed E-state index contributed by atoms with van der Waals surface area (Å²) in [7, 11) is 1.59. The SMILES string of the molecule is COc1cccc(NCc2ccc(O)c([N+](=O)[O-])c2)c1. The van der Waals surface area contributed by atoms with Gasteiger partial charge in [-0.2, -0.15) is 0 Å². The average molecular weight is 274 g/mol. The van der Waals surface area contributed by atoms with Crippen LogP contribution < -0.4 is 10.1 Å². The van der Waals surface area contributed by atoms with Crippen LogP contribution in [0.5, 0.6) is 11.5 Å². The molecule has 0 heterocycles. The summed E-state index contributed by atoms with van der Waals surface area (Å²) in [6.45, 7) is 0.411. The maximum Gasteiger partial charge on any atom is 0.311 e. The van der Waals surface area contributed by atoms with Gasteiger partial charge in [-0.05, 0) is 23.8 Å². The monoisotopic (exact) mass is 274 g/mol. The highest BCUT2D eigenvalue weighted by atomic mass is 16.6. The van der Waals surface area contributed by atoms with Crippen LogP contribution in [0.3, 0.4) is 0 Å². The molecular formula is C14H14N2O4. The van der Waals surface area contributed by atoms with Crippen molar-refractivity contribution in [3.8, 4) is 11.5 Å². The number of rotatable bonds is 5. The van der Waals surface area contributed by atoms with Crippen LogP contribution >= 0.6 is 0 Å². The highest BCUT2D eigenvalue weighted by Gasteiger charge is 2.13. The van der Waals surface area contributed by atoms with Crippen molar-refractivity contribution in [3.05, 3.63) is 58.1 Å². The van der Waals surface area contributed by atoms with Crippen LogP contribution in [0.4, 0.5) is 11.4 Å². The quantitative estimate of drug-likeness (QED) is 0.646. The summed E-state index contributed by atoms with van der Waals surface area (Å²) in [6, 6.07) is 11.7. The maximum absolute atomic E-state index is 10.7. The van der Waals surface area contributed by atoms with E-state index in [1.165, 1.54) is 12.1 Å². The third kappa shape index (κ3) is 3.17. The van der Waals surface area contributed by atoms with Gasteiger partial charge in [-0.3, -0.25) is 10.1 Å². The summed E-state index contributed by atoms with van der Waals surface area (Å²) in [4.78, 5) is 10.1. The van der Waals surface area contributed by atoms with Crippen LogP contribution in [0.25, 0.3) is 0 Å². The Labute approximate surface area is 115 Å². The second-order valence-electron chi connectivity index (χ2n) is 4.17. The predicted molar refractivity (Wildman–Crippen MR) is 75.1 cm³/mol. The molecule has 0 aromatic heterocycles.